The first-order valence-electron chi connectivity index (χ1n) is 6.70. The lowest BCUT2D eigenvalue weighted by atomic mass is 10.2. The van der Waals surface area contributed by atoms with Gasteiger partial charge in [-0.2, -0.15) is 5.26 Å². The van der Waals surface area contributed by atoms with Crippen molar-refractivity contribution in [2.75, 3.05) is 38.5 Å². The van der Waals surface area contributed by atoms with Crippen LogP contribution in [0.15, 0.2) is 36.0 Å². The molecule has 1 aliphatic rings. The number of halogens is 1. The molecule has 1 heterocycles. The number of anilines is 1. The van der Waals surface area contributed by atoms with E-state index in [0.29, 0.717) is 18.1 Å². The van der Waals surface area contributed by atoms with Crippen LogP contribution in [-0.2, 0) is 4.79 Å². The molecule has 21 heavy (non-hydrogen) atoms. The first-order valence-corrected chi connectivity index (χ1v) is 7.08. The average molecular weight is 305 g/mol. The standard InChI is InChI=1S/C15H17ClN4O/c1-19-6-8-20(9-7-19)15(21)12(10-17)11-18-14-4-2-13(16)3-5-14/h2-5,11,18H,6-9H2,1H3/b12-11-. The molecule has 0 aromatic heterocycles. The van der Waals surface area contributed by atoms with Crippen LogP contribution in [0.2, 0.25) is 5.02 Å². The van der Waals surface area contributed by atoms with Gasteiger partial charge < -0.3 is 15.1 Å². The number of likely N-dealkylation sites (N-methyl/N-ethyl adjacent to an activating group) is 1. The molecule has 0 aliphatic carbocycles. The van der Waals surface area contributed by atoms with Crippen molar-refractivity contribution >= 4 is 23.2 Å². The van der Waals surface area contributed by atoms with Gasteiger partial charge in [0.2, 0.25) is 0 Å². The summed E-state index contributed by atoms with van der Waals surface area (Å²) in [5.74, 6) is -0.230. The number of hydrogen-bond acceptors (Lipinski definition) is 4. The summed E-state index contributed by atoms with van der Waals surface area (Å²) in [6.45, 7) is 2.95. The van der Waals surface area contributed by atoms with Gasteiger partial charge in [0.05, 0.1) is 0 Å². The molecule has 1 aromatic rings. The molecule has 110 valence electrons. The summed E-state index contributed by atoms with van der Waals surface area (Å²) in [7, 11) is 2.02. The van der Waals surface area contributed by atoms with E-state index < -0.39 is 0 Å². The third-order valence-electron chi connectivity index (χ3n) is 3.37. The number of piperazine rings is 1. The number of rotatable bonds is 3. The highest BCUT2D eigenvalue weighted by atomic mass is 35.5. The van der Waals surface area contributed by atoms with Crippen LogP contribution >= 0.6 is 11.6 Å². The van der Waals surface area contributed by atoms with Gasteiger partial charge in [-0.05, 0) is 31.3 Å². The Bertz CT molecular complexity index is 568. The van der Waals surface area contributed by atoms with Crippen LogP contribution < -0.4 is 5.32 Å². The smallest absolute Gasteiger partial charge is 0.266 e. The molecule has 0 spiro atoms. The highest BCUT2D eigenvalue weighted by Gasteiger charge is 2.21. The van der Waals surface area contributed by atoms with Gasteiger partial charge in [0.1, 0.15) is 11.6 Å². The Balaban J connectivity index is 2.01. The fourth-order valence-electron chi connectivity index (χ4n) is 2.02. The van der Waals surface area contributed by atoms with Gasteiger partial charge >= 0.3 is 0 Å². The van der Waals surface area contributed by atoms with Crippen molar-refractivity contribution in [1.82, 2.24) is 9.80 Å². The van der Waals surface area contributed by atoms with Crippen molar-refractivity contribution in [2.45, 2.75) is 0 Å². The topological polar surface area (TPSA) is 59.4 Å². The van der Waals surface area contributed by atoms with E-state index in [-0.39, 0.29) is 11.5 Å². The van der Waals surface area contributed by atoms with Gasteiger partial charge in [0.15, 0.2) is 0 Å². The fraction of sp³-hybridized carbons (Fsp3) is 0.333. The predicted molar refractivity (Wildman–Crippen MR) is 82.8 cm³/mol. The molecule has 1 aromatic carbocycles. The van der Waals surface area contributed by atoms with Gasteiger partial charge in [0.25, 0.3) is 5.91 Å². The molecule has 0 saturated carbocycles. The van der Waals surface area contributed by atoms with E-state index in [1.54, 1.807) is 29.2 Å². The van der Waals surface area contributed by atoms with Gasteiger partial charge in [-0.3, -0.25) is 4.79 Å². The quantitative estimate of drug-likeness (QED) is 0.685. The van der Waals surface area contributed by atoms with Crippen molar-refractivity contribution in [3.05, 3.63) is 41.1 Å². The number of carbonyl (C=O) groups excluding carboxylic acids is 1. The van der Waals surface area contributed by atoms with Crippen molar-refractivity contribution in [3.8, 4) is 6.07 Å². The lowest BCUT2D eigenvalue weighted by Crippen LogP contribution is -2.47. The number of nitrogens with zero attached hydrogens (tertiary/aromatic N) is 3. The maximum atomic E-state index is 12.3. The Morgan fingerprint density at radius 3 is 2.48 bits per heavy atom. The van der Waals surface area contributed by atoms with Crippen LogP contribution in [0.1, 0.15) is 0 Å². The molecule has 1 amide bonds. The van der Waals surface area contributed by atoms with Crippen LogP contribution in [-0.4, -0.2) is 48.9 Å². The number of benzene rings is 1. The second-order valence-electron chi connectivity index (χ2n) is 4.92. The summed E-state index contributed by atoms with van der Waals surface area (Å²) in [6, 6.07) is 9.02. The summed E-state index contributed by atoms with van der Waals surface area (Å²) in [5, 5.41) is 12.8. The van der Waals surface area contributed by atoms with Gasteiger partial charge in [-0.25, -0.2) is 0 Å². The first kappa shape index (κ1) is 15.4. The molecule has 1 fully saturated rings. The monoisotopic (exact) mass is 304 g/mol. The largest absolute Gasteiger partial charge is 0.360 e. The number of nitrogens with one attached hydrogen (secondary N) is 1. The Hall–Kier alpha value is -2.03. The van der Waals surface area contributed by atoms with E-state index in [2.05, 4.69) is 10.2 Å². The maximum Gasteiger partial charge on any atom is 0.266 e. The summed E-state index contributed by atoms with van der Waals surface area (Å²) < 4.78 is 0. The molecular formula is C15H17ClN4O. The molecule has 5 nitrogen and oxygen atoms in total. The summed E-state index contributed by atoms with van der Waals surface area (Å²) >= 11 is 5.81. The molecule has 0 bridgehead atoms. The molecule has 0 radical (unpaired) electrons. The number of hydrogen-bond donors (Lipinski definition) is 1. The summed E-state index contributed by atoms with van der Waals surface area (Å²) in [4.78, 5) is 16.1. The summed E-state index contributed by atoms with van der Waals surface area (Å²) in [5.41, 5.74) is 0.882. The van der Waals surface area contributed by atoms with Gasteiger partial charge in [0, 0.05) is 43.1 Å². The zero-order chi connectivity index (χ0) is 15.2. The molecule has 1 saturated heterocycles. The first-order chi connectivity index (χ1) is 10.1. The number of amides is 1. The third kappa shape index (κ3) is 4.22. The van der Waals surface area contributed by atoms with Crippen molar-refractivity contribution in [2.24, 2.45) is 0 Å². The zero-order valence-corrected chi connectivity index (χ0v) is 12.6. The molecule has 0 atom stereocenters. The Morgan fingerprint density at radius 1 is 1.29 bits per heavy atom. The van der Waals surface area contributed by atoms with E-state index in [9.17, 15) is 4.79 Å². The van der Waals surface area contributed by atoms with E-state index in [1.165, 1.54) is 6.20 Å². The molecule has 6 heteroatoms. The zero-order valence-electron chi connectivity index (χ0n) is 11.8. The predicted octanol–water partition coefficient (Wildman–Crippen LogP) is 1.93. The van der Waals surface area contributed by atoms with Crippen molar-refractivity contribution in [1.29, 1.82) is 5.26 Å². The minimum Gasteiger partial charge on any atom is -0.360 e. The summed E-state index contributed by atoms with van der Waals surface area (Å²) in [6.07, 6.45) is 1.45. The van der Waals surface area contributed by atoms with E-state index >= 15 is 0 Å². The molecule has 1 aliphatic heterocycles. The Morgan fingerprint density at radius 2 is 1.90 bits per heavy atom. The minimum absolute atomic E-state index is 0.106. The Kier molecular flexibility index (Phi) is 5.20. The van der Waals surface area contributed by atoms with Gasteiger partial charge in [-0.1, -0.05) is 11.6 Å². The molecular weight excluding hydrogens is 288 g/mol. The van der Waals surface area contributed by atoms with Gasteiger partial charge in [-0.15, -0.1) is 0 Å². The lowest BCUT2D eigenvalue weighted by Gasteiger charge is -2.32. The van der Waals surface area contributed by atoms with Crippen LogP contribution in [0.25, 0.3) is 0 Å². The van der Waals surface area contributed by atoms with Crippen LogP contribution in [0.3, 0.4) is 0 Å². The highest BCUT2D eigenvalue weighted by Crippen LogP contribution is 2.14. The number of nitriles is 1. The van der Waals surface area contributed by atoms with Crippen LogP contribution in [0, 0.1) is 11.3 Å². The van der Waals surface area contributed by atoms with Crippen molar-refractivity contribution < 1.29 is 4.79 Å². The normalized spacial score (nSPS) is 16.4. The average Bonchev–Trinajstić information content (AvgIpc) is 2.50. The Labute approximate surface area is 129 Å². The third-order valence-corrected chi connectivity index (χ3v) is 3.62. The van der Waals surface area contributed by atoms with Crippen molar-refractivity contribution in [3.63, 3.8) is 0 Å². The fourth-order valence-corrected chi connectivity index (χ4v) is 2.15. The van der Waals surface area contributed by atoms with Crippen LogP contribution in [0.5, 0.6) is 0 Å². The van der Waals surface area contributed by atoms with E-state index in [0.717, 1.165) is 18.8 Å². The van der Waals surface area contributed by atoms with E-state index in [1.807, 2.05) is 13.1 Å². The lowest BCUT2D eigenvalue weighted by molar-refractivity contribution is -0.128. The van der Waals surface area contributed by atoms with E-state index in [4.69, 9.17) is 16.9 Å². The second-order valence-corrected chi connectivity index (χ2v) is 5.35. The minimum atomic E-state index is -0.230. The maximum absolute atomic E-state index is 12.3. The highest BCUT2D eigenvalue weighted by molar-refractivity contribution is 6.30. The molecule has 1 N–H and O–H groups in total. The molecule has 2 rings (SSSR count). The number of carbonyl (C=O) groups is 1. The molecule has 0 unspecified atom stereocenters. The second kappa shape index (κ2) is 7.11. The SMILES string of the molecule is CN1CCN(C(=O)/C(C#N)=C\Nc2ccc(Cl)cc2)CC1. The van der Waals surface area contributed by atoms with Crippen LogP contribution in [0.4, 0.5) is 5.69 Å².